The molecule has 4 aliphatic carbocycles. The van der Waals surface area contributed by atoms with E-state index < -0.39 is 21.3 Å². The topological polar surface area (TPSA) is 0 Å². The third kappa shape index (κ3) is 4.10. The Balaban J connectivity index is 0.00000113. The molecule has 25 heavy (non-hydrogen) atoms. The summed E-state index contributed by atoms with van der Waals surface area (Å²) < 4.78 is 4.70. The zero-order valence-corrected chi connectivity index (χ0v) is 19.8. The van der Waals surface area contributed by atoms with Crippen LogP contribution in [0, 0.1) is 0 Å². The van der Waals surface area contributed by atoms with Crippen LogP contribution >= 0.6 is 0 Å². The maximum atomic E-state index is 2.57. The number of halogens is 2. The second-order valence-corrected chi connectivity index (χ2v) is 15.9. The molecule has 1 unspecified atom stereocenters. The van der Waals surface area contributed by atoms with Gasteiger partial charge in [0, 0.05) is 0 Å². The summed E-state index contributed by atoms with van der Waals surface area (Å²) in [6.07, 6.45) is 17.7. The average Bonchev–Trinajstić information content (AvgIpc) is 3.11. The normalized spacial score (nSPS) is 24.3. The van der Waals surface area contributed by atoms with Gasteiger partial charge in [0.05, 0.1) is 0 Å². The molecule has 4 rings (SSSR count). The fourth-order valence-corrected chi connectivity index (χ4v) is 14.3. The van der Waals surface area contributed by atoms with Gasteiger partial charge in [-0.2, -0.15) is 0 Å². The predicted octanol–water partition coefficient (Wildman–Crippen LogP) is 0.602. The Morgan fingerprint density at radius 1 is 1.00 bits per heavy atom. The van der Waals surface area contributed by atoms with Crippen LogP contribution in [0.1, 0.15) is 78.6 Å². The number of rotatable bonds is 2. The van der Waals surface area contributed by atoms with Gasteiger partial charge in [-0.05, 0) is 0 Å². The maximum Gasteiger partial charge on any atom is -1.00 e. The zero-order valence-electron chi connectivity index (χ0n) is 15.9. The van der Waals surface area contributed by atoms with Crippen molar-refractivity contribution in [1.82, 2.24) is 0 Å². The summed E-state index contributed by atoms with van der Waals surface area (Å²) in [6, 6.07) is 0. The molecule has 0 bridgehead atoms. The van der Waals surface area contributed by atoms with Crippen LogP contribution in [0.5, 0.6) is 0 Å². The van der Waals surface area contributed by atoms with Gasteiger partial charge in [-0.25, -0.2) is 0 Å². The molecule has 136 valence electrons. The van der Waals surface area contributed by atoms with Crippen LogP contribution in [0.4, 0.5) is 0 Å². The second kappa shape index (κ2) is 8.99. The molecule has 1 atom stereocenters. The van der Waals surface area contributed by atoms with Crippen LogP contribution in [0.3, 0.4) is 0 Å². The molecule has 0 aromatic heterocycles. The van der Waals surface area contributed by atoms with Crippen molar-refractivity contribution in [3.8, 4) is 0 Å². The van der Waals surface area contributed by atoms with E-state index in [1.807, 2.05) is 28.8 Å². The van der Waals surface area contributed by atoms with Crippen molar-refractivity contribution in [3.63, 3.8) is 0 Å². The van der Waals surface area contributed by atoms with E-state index in [1.54, 1.807) is 0 Å². The van der Waals surface area contributed by atoms with Gasteiger partial charge in [0.1, 0.15) is 0 Å². The first-order valence-corrected chi connectivity index (χ1v) is 13.5. The van der Waals surface area contributed by atoms with Gasteiger partial charge in [-0.15, -0.1) is 0 Å². The van der Waals surface area contributed by atoms with Gasteiger partial charge in [-0.3, -0.25) is 0 Å². The third-order valence-electron chi connectivity index (χ3n) is 6.36. The van der Waals surface area contributed by atoms with Gasteiger partial charge in [0.2, 0.25) is 0 Å². The molecule has 0 radical (unpaired) electrons. The Labute approximate surface area is 173 Å². The van der Waals surface area contributed by atoms with Gasteiger partial charge < -0.3 is 24.8 Å². The zero-order chi connectivity index (χ0) is 16.0. The van der Waals surface area contributed by atoms with Gasteiger partial charge in [0.25, 0.3) is 0 Å². The van der Waals surface area contributed by atoms with E-state index in [9.17, 15) is 0 Å². The summed E-state index contributed by atoms with van der Waals surface area (Å²) >= 11 is -1.66. The molecule has 0 aromatic carbocycles. The van der Waals surface area contributed by atoms with E-state index in [0.717, 1.165) is 3.63 Å². The molecule has 0 amide bonds. The minimum Gasteiger partial charge on any atom is -1.00 e. The first-order valence-electron chi connectivity index (χ1n) is 9.63. The van der Waals surface area contributed by atoms with Crippen molar-refractivity contribution in [2.75, 3.05) is 0 Å². The Kier molecular flexibility index (Phi) is 7.76. The van der Waals surface area contributed by atoms with Crippen molar-refractivity contribution < 1.29 is 46.1 Å². The molecule has 0 N–H and O–H groups in total. The van der Waals surface area contributed by atoms with E-state index in [0.29, 0.717) is 0 Å². The van der Waals surface area contributed by atoms with Crippen LogP contribution in [-0.4, -0.2) is 3.21 Å². The fraction of sp³-hybridized carbons (Fsp3) is 0.591. The van der Waals surface area contributed by atoms with E-state index in [2.05, 4.69) is 32.9 Å². The van der Waals surface area contributed by atoms with Crippen LogP contribution in [0.25, 0.3) is 0 Å². The first kappa shape index (κ1) is 21.6. The van der Waals surface area contributed by atoms with E-state index in [1.165, 1.54) is 63.4 Å². The molecule has 0 nitrogen and oxygen atoms in total. The number of hydrogen-bond acceptors (Lipinski definition) is 0. The molecule has 0 fully saturated rings. The van der Waals surface area contributed by atoms with Crippen LogP contribution < -0.4 is 24.8 Å². The van der Waals surface area contributed by atoms with Crippen molar-refractivity contribution in [2.45, 2.75) is 82.2 Å². The molecule has 4 aliphatic rings. The summed E-state index contributed by atoms with van der Waals surface area (Å²) in [7, 11) is 0. The van der Waals surface area contributed by atoms with Gasteiger partial charge in [0.15, 0.2) is 0 Å². The summed E-state index contributed by atoms with van der Waals surface area (Å²) in [4.78, 5) is 0. The maximum absolute atomic E-state index is 2.57. The van der Waals surface area contributed by atoms with Crippen molar-refractivity contribution in [3.05, 3.63) is 43.3 Å². The minimum absolute atomic E-state index is 0. The van der Waals surface area contributed by atoms with Crippen LogP contribution in [0.2, 0.25) is 3.63 Å². The molecule has 0 saturated carbocycles. The van der Waals surface area contributed by atoms with Crippen LogP contribution in [0.15, 0.2) is 43.3 Å². The molecule has 0 heterocycles. The van der Waals surface area contributed by atoms with Crippen molar-refractivity contribution in [2.24, 2.45) is 0 Å². The second-order valence-electron chi connectivity index (χ2n) is 8.15. The van der Waals surface area contributed by atoms with E-state index in [-0.39, 0.29) is 24.8 Å². The number of allylic oxidation sites excluding steroid dienone is 8. The summed E-state index contributed by atoms with van der Waals surface area (Å²) in [5.41, 5.74) is 9.05. The Hall–Kier alpha value is 0.293. The number of hydrogen-bond donors (Lipinski definition) is 0. The van der Waals surface area contributed by atoms with Crippen LogP contribution in [-0.2, 0) is 21.3 Å². The van der Waals surface area contributed by atoms with Gasteiger partial charge in [-0.1, -0.05) is 0 Å². The molecule has 0 saturated heterocycles. The molecule has 0 aliphatic heterocycles. The standard InChI is InChI=1S/C13H17.C6H7.C3H6.2ClH.Zr/c1-3-7-12-10(5-1)9-11-6-2-4-8-13(11)12;1-6-4-2-3-5-6;1-3-2;;;/h5H,1-4,6-9H2;4-5H,2H2,1H3;1-2H3;2*1H;/q;;;;;+2/p-2. The Morgan fingerprint density at radius 3 is 2.40 bits per heavy atom. The summed E-state index contributed by atoms with van der Waals surface area (Å²) in [5, 5.41) is 0. The van der Waals surface area contributed by atoms with Crippen molar-refractivity contribution >= 4 is 3.21 Å². The van der Waals surface area contributed by atoms with Gasteiger partial charge >= 0.3 is 150 Å². The smallest absolute Gasteiger partial charge is 1.00 e. The first-order chi connectivity index (χ1) is 11.1. The SMILES string of the molecule is CC1=CC[C]([Zr+2](=[C](C)C)[CH]2CCCC3=C2CC2=C3CCCC2)=C1.[Cl-].[Cl-]. The fourth-order valence-electron chi connectivity index (χ4n) is 5.42. The summed E-state index contributed by atoms with van der Waals surface area (Å²) in [6.45, 7) is 7.21. The molecular weight excluding hydrogens is 426 g/mol. The molecule has 0 spiro atoms. The number of fused-ring (bicyclic) bond motifs is 1. The Morgan fingerprint density at radius 2 is 1.72 bits per heavy atom. The van der Waals surface area contributed by atoms with Crippen molar-refractivity contribution in [1.29, 1.82) is 0 Å². The largest absolute Gasteiger partial charge is 1.00 e. The Bertz CT molecular complexity index is 700. The molecular formula is C22H30Cl2Zr. The molecule has 0 aromatic rings. The minimum atomic E-state index is -1.66. The molecule has 3 heteroatoms. The van der Waals surface area contributed by atoms with E-state index in [4.69, 9.17) is 0 Å². The average molecular weight is 457 g/mol. The monoisotopic (exact) mass is 454 g/mol. The summed E-state index contributed by atoms with van der Waals surface area (Å²) in [5.74, 6) is 0. The quantitative estimate of drug-likeness (QED) is 0.571. The predicted molar refractivity (Wildman–Crippen MR) is 97.6 cm³/mol. The third-order valence-corrected chi connectivity index (χ3v) is 14.8. The van der Waals surface area contributed by atoms with E-state index >= 15 is 0 Å².